The van der Waals surface area contributed by atoms with Crippen LogP contribution in [0.4, 0.5) is 0 Å². The first-order valence-corrected chi connectivity index (χ1v) is 40.2. The molecule has 0 aromatic rings. The lowest BCUT2D eigenvalue weighted by molar-refractivity contribution is -0.161. The van der Waals surface area contributed by atoms with Crippen molar-refractivity contribution in [2.24, 2.45) is 23.7 Å². The quantitative estimate of drug-likeness (QED) is 0.0222. The molecule has 0 aliphatic rings. The third-order valence-corrected chi connectivity index (χ3v) is 18.8. The molecule has 0 aromatic heterocycles. The van der Waals surface area contributed by atoms with E-state index in [1.165, 1.54) is 154 Å². The van der Waals surface area contributed by atoms with Crippen LogP contribution in [-0.2, 0) is 65.4 Å². The predicted octanol–water partition coefficient (Wildman–Crippen LogP) is 20.5. The van der Waals surface area contributed by atoms with Crippen molar-refractivity contribution < 1.29 is 80.2 Å². The second-order valence-corrected chi connectivity index (χ2v) is 30.6. The van der Waals surface area contributed by atoms with Crippen LogP contribution in [0.1, 0.15) is 357 Å². The van der Waals surface area contributed by atoms with Gasteiger partial charge in [-0.25, -0.2) is 9.13 Å². The molecular weight excluding hydrogens is 1200 g/mol. The van der Waals surface area contributed by atoms with Crippen molar-refractivity contribution in [3.05, 3.63) is 0 Å². The van der Waals surface area contributed by atoms with E-state index >= 15 is 0 Å². The van der Waals surface area contributed by atoms with E-state index in [9.17, 15) is 43.2 Å². The maximum absolute atomic E-state index is 13.0. The number of aliphatic hydroxyl groups excluding tert-OH is 1. The van der Waals surface area contributed by atoms with Crippen LogP contribution in [0.2, 0.25) is 0 Å². The Bertz CT molecular complexity index is 1800. The van der Waals surface area contributed by atoms with Crippen LogP contribution in [0.5, 0.6) is 0 Å². The predicted molar refractivity (Wildman–Crippen MR) is 367 cm³/mol. The zero-order chi connectivity index (χ0) is 67.5. The van der Waals surface area contributed by atoms with Crippen molar-refractivity contribution in [3.8, 4) is 0 Å². The minimum Gasteiger partial charge on any atom is -0.462 e. The van der Waals surface area contributed by atoms with Gasteiger partial charge < -0.3 is 33.8 Å². The number of hydrogen-bond donors (Lipinski definition) is 3. The summed E-state index contributed by atoms with van der Waals surface area (Å²) in [4.78, 5) is 72.6. The van der Waals surface area contributed by atoms with Crippen molar-refractivity contribution in [2.75, 3.05) is 39.6 Å². The SMILES string of the molecule is CCC(C)CCCCCCCCC(=O)OC[C@H](COP(=O)(O)OC[C@H](O)COP(=O)(O)OC[C@@H](COC(=O)CCCCCCCCCCCCCC(C)C)OC(=O)CCCCCCCCCCCCCCCCC(C)C)OC(=O)CCCCCCCCCC(C)C. The van der Waals surface area contributed by atoms with E-state index in [1.54, 1.807) is 0 Å². The van der Waals surface area contributed by atoms with Crippen molar-refractivity contribution >= 4 is 39.5 Å². The number of carbonyl (C=O) groups is 4. The summed E-state index contributed by atoms with van der Waals surface area (Å²) in [6.07, 6.45) is 44.6. The van der Waals surface area contributed by atoms with Crippen LogP contribution in [0.3, 0.4) is 0 Å². The molecule has 17 nitrogen and oxygen atoms in total. The van der Waals surface area contributed by atoms with Crippen LogP contribution >= 0.6 is 15.6 Å². The molecule has 540 valence electrons. The van der Waals surface area contributed by atoms with E-state index in [0.29, 0.717) is 31.6 Å². The van der Waals surface area contributed by atoms with Gasteiger partial charge >= 0.3 is 39.5 Å². The zero-order valence-electron chi connectivity index (χ0n) is 59.5. The van der Waals surface area contributed by atoms with Crippen molar-refractivity contribution in [1.29, 1.82) is 0 Å². The lowest BCUT2D eigenvalue weighted by Crippen LogP contribution is -2.30. The molecule has 0 saturated heterocycles. The van der Waals surface area contributed by atoms with Gasteiger partial charge in [0, 0.05) is 25.7 Å². The molecule has 19 heteroatoms. The van der Waals surface area contributed by atoms with Crippen LogP contribution in [0.25, 0.3) is 0 Å². The summed E-state index contributed by atoms with van der Waals surface area (Å²) in [6.45, 7) is 14.1. The fourth-order valence-electron chi connectivity index (χ4n) is 10.8. The van der Waals surface area contributed by atoms with Gasteiger partial charge in [-0.05, 0) is 49.4 Å². The number of hydrogen-bond acceptors (Lipinski definition) is 15. The highest BCUT2D eigenvalue weighted by Gasteiger charge is 2.30. The summed E-state index contributed by atoms with van der Waals surface area (Å²) in [5.41, 5.74) is 0. The van der Waals surface area contributed by atoms with Crippen LogP contribution in [0, 0.1) is 23.7 Å². The van der Waals surface area contributed by atoms with E-state index in [1.807, 2.05) is 0 Å². The molecule has 0 aliphatic heterocycles. The summed E-state index contributed by atoms with van der Waals surface area (Å²) in [7, 11) is -9.91. The summed E-state index contributed by atoms with van der Waals surface area (Å²) in [5, 5.41) is 10.6. The Morgan fingerprint density at radius 1 is 0.308 bits per heavy atom. The van der Waals surface area contributed by atoms with Crippen LogP contribution < -0.4 is 0 Å². The molecule has 0 saturated carbocycles. The highest BCUT2D eigenvalue weighted by atomic mass is 31.2. The molecule has 0 aliphatic carbocycles. The average molecular weight is 1340 g/mol. The third kappa shape index (κ3) is 65.1. The number of phosphoric ester groups is 2. The second kappa shape index (κ2) is 61.6. The number of unbranched alkanes of at least 4 members (excludes halogenated alkanes) is 34. The maximum atomic E-state index is 13.0. The average Bonchev–Trinajstić information content (AvgIpc) is 3.55. The van der Waals surface area contributed by atoms with Gasteiger partial charge in [0.25, 0.3) is 0 Å². The van der Waals surface area contributed by atoms with Gasteiger partial charge in [0.15, 0.2) is 12.2 Å². The minimum absolute atomic E-state index is 0.102. The molecule has 0 aromatic carbocycles. The largest absolute Gasteiger partial charge is 0.472 e. The van der Waals surface area contributed by atoms with Gasteiger partial charge in [-0.15, -0.1) is 0 Å². The lowest BCUT2D eigenvalue weighted by atomic mass is 10.00. The fourth-order valence-corrected chi connectivity index (χ4v) is 12.4. The molecule has 0 rings (SSSR count). The Morgan fingerprint density at radius 3 is 0.780 bits per heavy atom. The minimum atomic E-state index is -4.95. The molecule has 0 fully saturated rings. The Morgan fingerprint density at radius 2 is 0.527 bits per heavy atom. The van der Waals surface area contributed by atoms with Crippen molar-refractivity contribution in [1.82, 2.24) is 0 Å². The molecular formula is C72H140O17P2. The number of rotatable bonds is 69. The standard InChI is InChI=1S/C72H140O17P2/c1-9-65(8)51-43-35-30-31-37-45-53-70(75)83-59-68(89-72(77)55-47-39-29-23-26-34-42-50-64(6)7)61-87-91(80,81)85-57-66(73)56-84-90(78,79)86-60-67(58-82-69(74)52-44-36-27-21-18-14-16-20-25-33-41-49-63(4)5)88-71(76)54-46-38-28-22-17-13-11-10-12-15-19-24-32-40-48-62(2)3/h62-68,73H,9-61H2,1-8H3,(H,78,79)(H,80,81)/t65?,66-,67-,68-/m1/s1. The smallest absolute Gasteiger partial charge is 0.462 e. The van der Waals surface area contributed by atoms with E-state index in [0.717, 1.165) is 114 Å². The normalized spacial score (nSPS) is 14.5. The number of aliphatic hydroxyl groups is 1. The molecule has 0 bridgehead atoms. The van der Waals surface area contributed by atoms with Crippen molar-refractivity contribution in [2.45, 2.75) is 375 Å². The Hall–Kier alpha value is -1.94. The lowest BCUT2D eigenvalue weighted by Gasteiger charge is -2.21. The zero-order valence-corrected chi connectivity index (χ0v) is 61.3. The van der Waals surface area contributed by atoms with Gasteiger partial charge in [0.2, 0.25) is 0 Å². The number of carbonyl (C=O) groups excluding carboxylic acids is 4. The molecule has 91 heavy (non-hydrogen) atoms. The summed E-state index contributed by atoms with van der Waals surface area (Å²) in [6, 6.07) is 0. The van der Waals surface area contributed by atoms with Crippen molar-refractivity contribution in [3.63, 3.8) is 0 Å². The van der Waals surface area contributed by atoms with E-state index in [-0.39, 0.29) is 25.7 Å². The number of esters is 4. The highest BCUT2D eigenvalue weighted by Crippen LogP contribution is 2.45. The molecule has 0 radical (unpaired) electrons. The third-order valence-electron chi connectivity index (χ3n) is 16.9. The number of ether oxygens (including phenoxy) is 4. The van der Waals surface area contributed by atoms with Crippen LogP contribution in [0.15, 0.2) is 0 Å². The van der Waals surface area contributed by atoms with Gasteiger partial charge in [-0.3, -0.25) is 37.3 Å². The van der Waals surface area contributed by atoms with Gasteiger partial charge in [-0.1, -0.05) is 306 Å². The second-order valence-electron chi connectivity index (χ2n) is 27.6. The van der Waals surface area contributed by atoms with Gasteiger partial charge in [0.1, 0.15) is 19.3 Å². The van der Waals surface area contributed by atoms with Crippen LogP contribution in [-0.4, -0.2) is 96.7 Å². The van der Waals surface area contributed by atoms with Gasteiger partial charge in [0.05, 0.1) is 26.4 Å². The molecule has 3 N–H and O–H groups in total. The van der Waals surface area contributed by atoms with E-state index < -0.39 is 97.5 Å². The monoisotopic (exact) mass is 1340 g/mol. The first-order chi connectivity index (χ1) is 43.6. The van der Waals surface area contributed by atoms with E-state index in [2.05, 4.69) is 55.4 Å². The summed E-state index contributed by atoms with van der Waals surface area (Å²) in [5.74, 6) is 0.864. The fraction of sp³-hybridized carbons (Fsp3) is 0.944. The highest BCUT2D eigenvalue weighted by molar-refractivity contribution is 7.47. The molecule has 0 amide bonds. The molecule has 0 spiro atoms. The maximum Gasteiger partial charge on any atom is 0.472 e. The topological polar surface area (TPSA) is 237 Å². The molecule has 6 atom stereocenters. The first-order valence-electron chi connectivity index (χ1n) is 37.2. The summed E-state index contributed by atoms with van der Waals surface area (Å²) >= 11 is 0. The Kier molecular flexibility index (Phi) is 60.3. The Labute approximate surface area is 556 Å². The van der Waals surface area contributed by atoms with E-state index in [4.69, 9.17) is 37.0 Å². The molecule has 0 heterocycles. The first kappa shape index (κ1) is 89.1. The Balaban J connectivity index is 5.24. The summed E-state index contributed by atoms with van der Waals surface area (Å²) < 4.78 is 68.3. The number of phosphoric acid groups is 2. The molecule has 3 unspecified atom stereocenters. The van der Waals surface area contributed by atoms with Gasteiger partial charge in [-0.2, -0.15) is 0 Å².